The number of halogens is 1. The molecule has 1 atom stereocenters. The highest BCUT2D eigenvalue weighted by atomic mass is 79.9. The van der Waals surface area contributed by atoms with Gasteiger partial charge in [0.25, 0.3) is 0 Å². The van der Waals surface area contributed by atoms with E-state index in [9.17, 15) is 5.11 Å². The molecule has 3 rings (SSSR count). The van der Waals surface area contributed by atoms with E-state index in [-0.39, 0.29) is 12.0 Å². The average molecular weight is 407 g/mol. The van der Waals surface area contributed by atoms with Gasteiger partial charge in [-0.2, -0.15) is 0 Å². The fraction of sp³-hybridized carbons (Fsp3) is 0.167. The molecule has 2 heteroatoms. The summed E-state index contributed by atoms with van der Waals surface area (Å²) in [7, 11) is 0. The summed E-state index contributed by atoms with van der Waals surface area (Å²) in [5.74, 6) is 0. The van der Waals surface area contributed by atoms with E-state index in [0.717, 1.165) is 16.5 Å². The van der Waals surface area contributed by atoms with E-state index in [2.05, 4.69) is 89.6 Å². The Kier molecular flexibility index (Phi) is 6.08. The molecule has 0 saturated carbocycles. The Hall–Kier alpha value is -2.16. The number of benzene rings is 3. The first-order valence-electron chi connectivity index (χ1n) is 8.80. The number of hydrogen-bond acceptors (Lipinski definition) is 1. The molecule has 0 saturated heterocycles. The molecule has 3 aromatic rings. The predicted molar refractivity (Wildman–Crippen MR) is 113 cm³/mol. The van der Waals surface area contributed by atoms with E-state index >= 15 is 0 Å². The minimum Gasteiger partial charge on any atom is -0.395 e. The Morgan fingerprint density at radius 3 is 1.96 bits per heavy atom. The van der Waals surface area contributed by atoms with Gasteiger partial charge in [0.1, 0.15) is 0 Å². The van der Waals surface area contributed by atoms with Crippen molar-refractivity contribution < 1.29 is 5.11 Å². The molecule has 0 aliphatic carbocycles. The summed E-state index contributed by atoms with van der Waals surface area (Å²) in [5.41, 5.74) is 4.37. The van der Waals surface area contributed by atoms with Crippen LogP contribution in [0.2, 0.25) is 0 Å². The molecule has 1 N–H and O–H groups in total. The Balaban J connectivity index is 2.00. The van der Waals surface area contributed by atoms with Crippen molar-refractivity contribution in [3.05, 3.63) is 112 Å². The van der Waals surface area contributed by atoms with E-state index in [1.54, 1.807) is 0 Å². The Bertz CT molecular complexity index is 829. The molecule has 132 valence electrons. The first kappa shape index (κ1) is 18.6. The van der Waals surface area contributed by atoms with Crippen molar-refractivity contribution in [1.82, 2.24) is 0 Å². The lowest BCUT2D eigenvalue weighted by Crippen LogP contribution is -2.26. The van der Waals surface area contributed by atoms with Crippen molar-refractivity contribution in [3.63, 3.8) is 0 Å². The van der Waals surface area contributed by atoms with Crippen LogP contribution >= 0.6 is 15.9 Å². The smallest absolute Gasteiger partial charge is 0.0528 e. The highest BCUT2D eigenvalue weighted by Gasteiger charge is 2.25. The molecule has 1 nitrogen and oxygen atoms in total. The van der Waals surface area contributed by atoms with Gasteiger partial charge in [-0.15, -0.1) is 0 Å². The van der Waals surface area contributed by atoms with Gasteiger partial charge < -0.3 is 5.11 Å². The van der Waals surface area contributed by atoms with Crippen LogP contribution in [0.25, 0.3) is 5.57 Å². The Morgan fingerprint density at radius 1 is 0.885 bits per heavy atom. The van der Waals surface area contributed by atoms with Crippen LogP contribution in [-0.4, -0.2) is 11.7 Å². The van der Waals surface area contributed by atoms with Gasteiger partial charge in [0.15, 0.2) is 0 Å². The SMILES string of the molecule is CC(CO)(CC=C(c1ccccc1)c1ccccc1)c1cccc(Br)c1. The lowest BCUT2D eigenvalue weighted by molar-refractivity contribution is 0.207. The summed E-state index contributed by atoms with van der Waals surface area (Å²) in [6.07, 6.45) is 3.00. The van der Waals surface area contributed by atoms with Crippen LogP contribution in [0.4, 0.5) is 0 Å². The van der Waals surface area contributed by atoms with Gasteiger partial charge in [0.05, 0.1) is 6.61 Å². The maximum atomic E-state index is 10.1. The van der Waals surface area contributed by atoms with Crippen LogP contribution < -0.4 is 0 Å². The molecule has 0 spiro atoms. The Morgan fingerprint density at radius 2 is 1.46 bits per heavy atom. The largest absolute Gasteiger partial charge is 0.395 e. The third kappa shape index (κ3) is 4.32. The first-order valence-corrected chi connectivity index (χ1v) is 9.59. The molecular formula is C24H23BrO. The van der Waals surface area contributed by atoms with Gasteiger partial charge >= 0.3 is 0 Å². The van der Waals surface area contributed by atoms with Crippen molar-refractivity contribution in [2.24, 2.45) is 0 Å². The van der Waals surface area contributed by atoms with Gasteiger partial charge in [-0.25, -0.2) is 0 Å². The van der Waals surface area contributed by atoms with Crippen LogP contribution in [0.3, 0.4) is 0 Å². The van der Waals surface area contributed by atoms with Gasteiger partial charge in [-0.05, 0) is 40.8 Å². The van der Waals surface area contributed by atoms with Crippen LogP contribution in [0, 0.1) is 0 Å². The second kappa shape index (κ2) is 8.48. The minimum atomic E-state index is -0.335. The highest BCUT2D eigenvalue weighted by Crippen LogP contribution is 2.32. The maximum absolute atomic E-state index is 10.1. The summed E-state index contributed by atoms with van der Waals surface area (Å²) >= 11 is 3.54. The standard InChI is InChI=1S/C24H23BrO/c1-24(18-26,21-13-8-14-22(25)17-21)16-15-23(19-9-4-2-5-10-19)20-11-6-3-7-12-20/h2-15,17,26H,16,18H2,1H3. The number of aliphatic hydroxyl groups is 1. The quantitative estimate of drug-likeness (QED) is 0.514. The lowest BCUT2D eigenvalue weighted by Gasteiger charge is -2.27. The third-order valence-corrected chi connectivity index (χ3v) is 5.29. The molecule has 1 unspecified atom stereocenters. The molecule has 0 aliphatic rings. The van der Waals surface area contributed by atoms with Gasteiger partial charge in [-0.3, -0.25) is 0 Å². The predicted octanol–water partition coefficient (Wildman–Crippen LogP) is 6.22. The molecule has 0 amide bonds. The molecule has 3 aromatic carbocycles. The van der Waals surface area contributed by atoms with Crippen LogP contribution in [0.15, 0.2) is 95.5 Å². The summed E-state index contributed by atoms with van der Waals surface area (Å²) in [6.45, 7) is 2.20. The number of rotatable bonds is 6. The van der Waals surface area contributed by atoms with Gasteiger partial charge in [0, 0.05) is 9.89 Å². The van der Waals surface area contributed by atoms with Crippen molar-refractivity contribution in [3.8, 4) is 0 Å². The zero-order valence-corrected chi connectivity index (χ0v) is 16.5. The van der Waals surface area contributed by atoms with Crippen molar-refractivity contribution in [2.75, 3.05) is 6.61 Å². The minimum absolute atomic E-state index is 0.0941. The Labute approximate surface area is 164 Å². The summed E-state index contributed by atoms with van der Waals surface area (Å²) in [6, 6.07) is 29.0. The van der Waals surface area contributed by atoms with E-state index in [0.29, 0.717) is 0 Å². The van der Waals surface area contributed by atoms with Crippen molar-refractivity contribution in [2.45, 2.75) is 18.8 Å². The summed E-state index contributed by atoms with van der Waals surface area (Å²) < 4.78 is 1.03. The van der Waals surface area contributed by atoms with E-state index < -0.39 is 0 Å². The van der Waals surface area contributed by atoms with E-state index in [4.69, 9.17) is 0 Å². The summed E-state index contributed by atoms with van der Waals surface area (Å²) in [5, 5.41) is 10.1. The molecule has 0 radical (unpaired) electrons. The van der Waals surface area contributed by atoms with Crippen molar-refractivity contribution >= 4 is 21.5 Å². The normalized spacial score (nSPS) is 13.0. The first-order chi connectivity index (χ1) is 12.6. The second-order valence-corrected chi connectivity index (χ2v) is 7.70. The lowest BCUT2D eigenvalue weighted by atomic mass is 9.79. The zero-order chi connectivity index (χ0) is 18.4. The fourth-order valence-electron chi connectivity index (χ4n) is 3.10. The number of hydrogen-bond donors (Lipinski definition) is 1. The zero-order valence-electron chi connectivity index (χ0n) is 14.9. The van der Waals surface area contributed by atoms with Crippen molar-refractivity contribution in [1.29, 1.82) is 0 Å². The molecule has 0 aromatic heterocycles. The topological polar surface area (TPSA) is 20.2 Å². The number of aliphatic hydroxyl groups excluding tert-OH is 1. The van der Waals surface area contributed by atoms with Gasteiger partial charge in [-0.1, -0.05) is 102 Å². The van der Waals surface area contributed by atoms with Crippen LogP contribution in [0.1, 0.15) is 30.0 Å². The molecule has 0 fully saturated rings. The fourth-order valence-corrected chi connectivity index (χ4v) is 3.50. The average Bonchev–Trinajstić information content (AvgIpc) is 2.69. The second-order valence-electron chi connectivity index (χ2n) is 6.78. The molecule has 0 aliphatic heterocycles. The van der Waals surface area contributed by atoms with Crippen LogP contribution in [-0.2, 0) is 5.41 Å². The van der Waals surface area contributed by atoms with E-state index in [1.165, 1.54) is 16.7 Å². The highest BCUT2D eigenvalue weighted by molar-refractivity contribution is 9.10. The number of allylic oxidation sites excluding steroid dienone is 1. The monoisotopic (exact) mass is 406 g/mol. The van der Waals surface area contributed by atoms with Crippen LogP contribution in [0.5, 0.6) is 0 Å². The molecule has 0 bridgehead atoms. The molecule has 26 heavy (non-hydrogen) atoms. The van der Waals surface area contributed by atoms with E-state index in [1.807, 2.05) is 24.3 Å². The summed E-state index contributed by atoms with van der Waals surface area (Å²) in [4.78, 5) is 0. The maximum Gasteiger partial charge on any atom is 0.0528 e. The molecule has 0 heterocycles. The molecular weight excluding hydrogens is 384 g/mol. The third-order valence-electron chi connectivity index (χ3n) is 4.80. The van der Waals surface area contributed by atoms with Gasteiger partial charge in [0.2, 0.25) is 0 Å².